The maximum Gasteiger partial charge on any atom is 0.263 e. The topological polar surface area (TPSA) is 15.3 Å². The molecule has 0 spiro atoms. The predicted octanol–water partition coefficient (Wildman–Crippen LogP) is 3.45. The van der Waals surface area contributed by atoms with Crippen LogP contribution in [0.25, 0.3) is 0 Å². The maximum absolute atomic E-state index is 12.4. The van der Waals surface area contributed by atoms with Crippen molar-refractivity contribution in [2.75, 3.05) is 26.7 Å². The molecule has 1 aliphatic rings. The molecule has 112 valence electrons. The van der Waals surface area contributed by atoms with Crippen LogP contribution in [0.2, 0.25) is 0 Å². The Balaban J connectivity index is 1.63. The number of likely N-dealkylation sites (tertiary alicyclic amines) is 1. The van der Waals surface area contributed by atoms with E-state index >= 15 is 0 Å². The summed E-state index contributed by atoms with van der Waals surface area (Å²) < 4.78 is 24.8. The predicted molar refractivity (Wildman–Crippen MR) is 77.9 cm³/mol. The second-order valence-corrected chi connectivity index (χ2v) is 5.75. The van der Waals surface area contributed by atoms with E-state index in [1.807, 2.05) is 0 Å². The molecule has 0 unspecified atom stereocenters. The lowest BCUT2D eigenvalue weighted by Gasteiger charge is -2.28. The number of benzene rings is 1. The Bertz CT molecular complexity index is 384. The van der Waals surface area contributed by atoms with Gasteiger partial charge in [-0.25, -0.2) is 8.78 Å². The number of nitrogens with one attached hydrogen (secondary N) is 1. The van der Waals surface area contributed by atoms with Crippen LogP contribution in [0.4, 0.5) is 8.78 Å². The van der Waals surface area contributed by atoms with Gasteiger partial charge < -0.3 is 10.2 Å². The van der Waals surface area contributed by atoms with Crippen LogP contribution in [0.15, 0.2) is 24.3 Å². The lowest BCUT2D eigenvalue weighted by molar-refractivity contribution is 0.151. The summed E-state index contributed by atoms with van der Waals surface area (Å²) in [5.74, 6) is 0.833. The molecule has 4 heteroatoms. The van der Waals surface area contributed by atoms with Gasteiger partial charge in [-0.3, -0.25) is 0 Å². The highest BCUT2D eigenvalue weighted by Crippen LogP contribution is 2.20. The zero-order chi connectivity index (χ0) is 14.4. The second-order valence-electron chi connectivity index (χ2n) is 5.75. The standard InChI is InChI=1S/C16H24F2N2/c1-20-10-7-13(8-11-20)6-9-19-12-14-2-4-15(5-3-14)16(17)18/h2-5,13,16,19H,6-12H2,1H3. The molecule has 0 saturated carbocycles. The molecule has 1 aliphatic heterocycles. The summed E-state index contributed by atoms with van der Waals surface area (Å²) in [6, 6.07) is 6.59. The van der Waals surface area contributed by atoms with Gasteiger partial charge in [0.2, 0.25) is 0 Å². The van der Waals surface area contributed by atoms with Crippen LogP contribution in [-0.2, 0) is 6.54 Å². The third-order valence-corrected chi connectivity index (χ3v) is 4.13. The van der Waals surface area contributed by atoms with E-state index in [9.17, 15) is 8.78 Å². The van der Waals surface area contributed by atoms with Crippen molar-refractivity contribution >= 4 is 0 Å². The summed E-state index contributed by atoms with van der Waals surface area (Å²) in [7, 11) is 2.18. The van der Waals surface area contributed by atoms with Gasteiger partial charge in [0.1, 0.15) is 0 Å². The number of nitrogens with zero attached hydrogens (tertiary/aromatic N) is 1. The van der Waals surface area contributed by atoms with Crippen LogP contribution in [0, 0.1) is 5.92 Å². The van der Waals surface area contributed by atoms with E-state index in [1.165, 1.54) is 44.5 Å². The van der Waals surface area contributed by atoms with Crippen LogP contribution in [0.3, 0.4) is 0 Å². The van der Waals surface area contributed by atoms with Gasteiger partial charge in [-0.2, -0.15) is 0 Å². The van der Waals surface area contributed by atoms with E-state index in [0.717, 1.165) is 24.6 Å². The Kier molecular flexibility index (Phi) is 5.92. The third kappa shape index (κ3) is 4.84. The van der Waals surface area contributed by atoms with Gasteiger partial charge in [-0.15, -0.1) is 0 Å². The van der Waals surface area contributed by atoms with Gasteiger partial charge in [0.15, 0.2) is 0 Å². The lowest BCUT2D eigenvalue weighted by atomic mass is 9.94. The van der Waals surface area contributed by atoms with Crippen molar-refractivity contribution < 1.29 is 8.78 Å². The van der Waals surface area contributed by atoms with Crippen molar-refractivity contribution in [1.29, 1.82) is 0 Å². The fourth-order valence-corrected chi connectivity index (χ4v) is 2.67. The van der Waals surface area contributed by atoms with Crippen molar-refractivity contribution in [2.24, 2.45) is 5.92 Å². The van der Waals surface area contributed by atoms with Crippen LogP contribution in [0.1, 0.15) is 36.8 Å². The number of rotatable bonds is 6. The number of hydrogen-bond donors (Lipinski definition) is 1. The molecule has 20 heavy (non-hydrogen) atoms. The summed E-state index contributed by atoms with van der Waals surface area (Å²) in [5.41, 5.74) is 1.16. The summed E-state index contributed by atoms with van der Waals surface area (Å²) in [4.78, 5) is 2.38. The van der Waals surface area contributed by atoms with Crippen LogP contribution < -0.4 is 5.32 Å². The second kappa shape index (κ2) is 7.70. The smallest absolute Gasteiger partial charge is 0.263 e. The first-order chi connectivity index (χ1) is 9.65. The van der Waals surface area contributed by atoms with E-state index in [0.29, 0.717) is 0 Å². The van der Waals surface area contributed by atoms with E-state index in [2.05, 4.69) is 17.3 Å². The molecule has 2 rings (SSSR count). The Morgan fingerprint density at radius 1 is 1.20 bits per heavy atom. The molecule has 0 radical (unpaired) electrons. The minimum absolute atomic E-state index is 0.0973. The normalized spacial score (nSPS) is 17.8. The number of hydrogen-bond acceptors (Lipinski definition) is 2. The molecule has 0 aromatic heterocycles. The van der Waals surface area contributed by atoms with E-state index in [4.69, 9.17) is 0 Å². The van der Waals surface area contributed by atoms with Gasteiger partial charge in [0, 0.05) is 12.1 Å². The SMILES string of the molecule is CN1CCC(CCNCc2ccc(C(F)F)cc2)CC1. The Hall–Kier alpha value is -1.00. The summed E-state index contributed by atoms with van der Waals surface area (Å²) >= 11 is 0. The summed E-state index contributed by atoms with van der Waals surface area (Å²) in [6.45, 7) is 4.18. The van der Waals surface area contributed by atoms with E-state index in [1.54, 1.807) is 12.1 Å². The quantitative estimate of drug-likeness (QED) is 0.804. The summed E-state index contributed by atoms with van der Waals surface area (Å²) in [5, 5.41) is 3.41. The lowest BCUT2D eigenvalue weighted by Crippen LogP contribution is -2.31. The molecule has 1 saturated heterocycles. The number of halogens is 2. The number of alkyl halides is 2. The molecule has 0 atom stereocenters. The van der Waals surface area contributed by atoms with Crippen LogP contribution in [-0.4, -0.2) is 31.6 Å². The third-order valence-electron chi connectivity index (χ3n) is 4.13. The summed E-state index contributed by atoms with van der Waals surface area (Å²) in [6.07, 6.45) is 1.42. The highest BCUT2D eigenvalue weighted by Gasteiger charge is 2.15. The Morgan fingerprint density at radius 3 is 2.45 bits per heavy atom. The van der Waals surface area contributed by atoms with Crippen molar-refractivity contribution in [3.63, 3.8) is 0 Å². The van der Waals surface area contributed by atoms with Crippen LogP contribution in [0.5, 0.6) is 0 Å². The van der Waals surface area contributed by atoms with Crippen molar-refractivity contribution in [3.05, 3.63) is 35.4 Å². The number of piperidine rings is 1. The highest BCUT2D eigenvalue weighted by molar-refractivity contribution is 5.23. The minimum atomic E-state index is -2.37. The van der Waals surface area contributed by atoms with E-state index < -0.39 is 6.43 Å². The van der Waals surface area contributed by atoms with E-state index in [-0.39, 0.29) is 5.56 Å². The van der Waals surface area contributed by atoms with Crippen molar-refractivity contribution in [3.8, 4) is 0 Å². The van der Waals surface area contributed by atoms with Gasteiger partial charge >= 0.3 is 0 Å². The molecule has 1 fully saturated rings. The van der Waals surface area contributed by atoms with Gasteiger partial charge in [-0.05, 0) is 57.4 Å². The monoisotopic (exact) mass is 282 g/mol. The molecule has 0 amide bonds. The van der Waals surface area contributed by atoms with Crippen LogP contribution >= 0.6 is 0 Å². The molecular formula is C16H24F2N2. The zero-order valence-corrected chi connectivity index (χ0v) is 12.1. The first-order valence-electron chi connectivity index (χ1n) is 7.41. The molecular weight excluding hydrogens is 258 g/mol. The molecule has 1 aromatic rings. The van der Waals surface area contributed by atoms with Crippen molar-refractivity contribution in [2.45, 2.75) is 32.2 Å². The average molecular weight is 282 g/mol. The minimum Gasteiger partial charge on any atom is -0.313 e. The fraction of sp³-hybridized carbons (Fsp3) is 0.625. The Morgan fingerprint density at radius 2 is 1.85 bits per heavy atom. The Labute approximate surface area is 120 Å². The van der Waals surface area contributed by atoms with Gasteiger partial charge in [0.05, 0.1) is 0 Å². The molecule has 1 N–H and O–H groups in total. The average Bonchev–Trinajstić information content (AvgIpc) is 2.46. The zero-order valence-electron chi connectivity index (χ0n) is 12.1. The highest BCUT2D eigenvalue weighted by atomic mass is 19.3. The molecule has 1 aromatic carbocycles. The van der Waals surface area contributed by atoms with Gasteiger partial charge in [-0.1, -0.05) is 24.3 Å². The maximum atomic E-state index is 12.4. The molecule has 0 aliphatic carbocycles. The first-order valence-corrected chi connectivity index (χ1v) is 7.41. The fourth-order valence-electron chi connectivity index (χ4n) is 2.67. The molecule has 1 heterocycles. The van der Waals surface area contributed by atoms with Gasteiger partial charge in [0.25, 0.3) is 6.43 Å². The largest absolute Gasteiger partial charge is 0.313 e. The first kappa shape index (κ1) is 15.4. The van der Waals surface area contributed by atoms with Crippen molar-refractivity contribution in [1.82, 2.24) is 10.2 Å². The molecule has 0 bridgehead atoms. The molecule has 2 nitrogen and oxygen atoms in total.